The maximum atomic E-state index is 12.2. The molecule has 0 radical (unpaired) electrons. The van der Waals surface area contributed by atoms with Gasteiger partial charge in [0.15, 0.2) is 5.78 Å². The number of phenols is 1. The van der Waals surface area contributed by atoms with Crippen molar-refractivity contribution in [2.45, 2.75) is 32.6 Å². The van der Waals surface area contributed by atoms with Crippen LogP contribution in [0.3, 0.4) is 0 Å². The molecule has 60 heavy (non-hydrogen) atoms. The topological polar surface area (TPSA) is 117 Å². The third kappa shape index (κ3) is 9.93. The van der Waals surface area contributed by atoms with Gasteiger partial charge in [-0.2, -0.15) is 0 Å². The van der Waals surface area contributed by atoms with Gasteiger partial charge in [0.2, 0.25) is 0 Å². The number of carbonyl (C=O) groups excluding carboxylic acids is 1. The average molecular weight is 858 g/mol. The van der Waals surface area contributed by atoms with Crippen LogP contribution in [-0.4, -0.2) is 95.6 Å². The van der Waals surface area contributed by atoms with Gasteiger partial charge in [-0.1, -0.05) is 91.3 Å². The molecule has 0 atom stereocenters. The number of thiocarbonyl (C=S) groups is 3. The number of aliphatic imine (C=N–C) groups is 1. The third-order valence-corrected chi connectivity index (χ3v) is 11.8. The number of nitrogens with zero attached hydrogens (tertiary/aromatic N) is 2. The highest BCUT2D eigenvalue weighted by molar-refractivity contribution is 7.80. The summed E-state index contributed by atoms with van der Waals surface area (Å²) in [6.45, 7) is 6.56. The summed E-state index contributed by atoms with van der Waals surface area (Å²) in [4.78, 5) is 21.3. The van der Waals surface area contributed by atoms with Crippen molar-refractivity contribution in [1.29, 1.82) is 0 Å². The summed E-state index contributed by atoms with van der Waals surface area (Å²) < 4.78 is 20.2. The van der Waals surface area contributed by atoms with Crippen LogP contribution in [0.15, 0.2) is 95.5 Å². The van der Waals surface area contributed by atoms with Gasteiger partial charge in [-0.3, -0.25) is 9.69 Å². The highest BCUT2D eigenvalue weighted by Crippen LogP contribution is 2.40. The zero-order chi connectivity index (χ0) is 41.6. The van der Waals surface area contributed by atoms with Crippen LogP contribution in [0.5, 0.6) is 23.0 Å². The summed E-state index contributed by atoms with van der Waals surface area (Å²) in [6.07, 6.45) is 6.50. The number of carbonyl (C=O) groups is 1. The summed E-state index contributed by atoms with van der Waals surface area (Å²) in [5.41, 5.74) is 9.04. The lowest BCUT2D eigenvalue weighted by atomic mass is 9.91. The second-order valence-electron chi connectivity index (χ2n) is 15.4. The van der Waals surface area contributed by atoms with Crippen molar-refractivity contribution in [3.05, 3.63) is 135 Å². The lowest BCUT2D eigenvalue weighted by molar-refractivity contribution is -0.110. The molecule has 0 saturated carbocycles. The number of hydrogen-bond acceptors (Lipinski definition) is 10. The van der Waals surface area contributed by atoms with Crippen molar-refractivity contribution in [1.82, 2.24) is 20.9 Å². The molecule has 0 fully saturated rings. The Morgan fingerprint density at radius 3 is 1.37 bits per heavy atom. The standard InChI is InChI=1S/C47H47N5O5S3/c1-29-19-39(53)11-12-40(29)51-38-24-36-22-34-9-3-7-32-20-30-5-2-6-31-21-33-8-4-10-35(23-37(25-38)44(36)54)47(33)57-28-43(60)50-15-18-52(16-13-48-41(58)26-55-45(30)31)17-14-49-42(59)27-56-46(32)34/h2-12,19,24-25,54H,13-18,20-23,26-28H2,1H3,(H,48,58)(H,49,59)(H,50,60). The van der Waals surface area contributed by atoms with Crippen molar-refractivity contribution in [3.8, 4) is 23.0 Å². The predicted molar refractivity (Wildman–Crippen MR) is 248 cm³/mol. The number of ether oxygens (including phenoxy) is 3. The minimum atomic E-state index is -0.0745. The van der Waals surface area contributed by atoms with E-state index in [2.05, 4.69) is 51.2 Å². The first kappa shape index (κ1) is 41.3. The van der Waals surface area contributed by atoms with Crippen LogP contribution in [0.2, 0.25) is 0 Å². The van der Waals surface area contributed by atoms with Gasteiger partial charge in [0.05, 0.1) is 11.4 Å². The maximum absolute atomic E-state index is 12.2. The zero-order valence-corrected chi connectivity index (χ0v) is 35.9. The first-order chi connectivity index (χ1) is 29.2. The number of fused-ring (bicyclic) bond motifs is 8. The largest absolute Gasteiger partial charge is 0.507 e. The number of ketones is 1. The third-order valence-electron chi connectivity index (χ3n) is 11.0. The van der Waals surface area contributed by atoms with Crippen molar-refractivity contribution >= 4 is 68.8 Å². The Morgan fingerprint density at radius 1 is 0.600 bits per heavy atom. The van der Waals surface area contributed by atoms with E-state index in [0.717, 1.165) is 64.3 Å². The summed E-state index contributed by atoms with van der Waals surface area (Å²) in [6, 6.07) is 22.3. The van der Waals surface area contributed by atoms with Gasteiger partial charge in [0.25, 0.3) is 0 Å². The molecule has 0 spiro atoms. The van der Waals surface area contributed by atoms with E-state index in [1.165, 1.54) is 6.08 Å². The molecule has 2 heterocycles. The van der Waals surface area contributed by atoms with Crippen LogP contribution in [0, 0.1) is 0 Å². The van der Waals surface area contributed by atoms with Gasteiger partial charge in [0.1, 0.15) is 57.8 Å². The molecule has 12 bridgehead atoms. The number of aromatic hydroxyl groups is 1. The Labute approximate surface area is 366 Å². The second-order valence-corrected chi connectivity index (χ2v) is 16.8. The lowest BCUT2D eigenvalue weighted by Crippen LogP contribution is -2.43. The van der Waals surface area contributed by atoms with E-state index in [4.69, 9.17) is 55.9 Å². The molecule has 2 aliphatic carbocycles. The normalized spacial score (nSPS) is 18.6. The molecule has 0 aromatic heterocycles. The van der Waals surface area contributed by atoms with E-state index in [-0.39, 0.29) is 31.4 Å². The number of rotatable bonds is 1. The fraction of sp³-hybridized carbons (Fsp3) is 0.298. The Morgan fingerprint density at radius 2 is 0.983 bits per heavy atom. The van der Waals surface area contributed by atoms with Crippen LogP contribution in [-0.2, 0) is 30.5 Å². The number of phenolic OH excluding ortho intramolecular Hbond substituents is 1. The summed E-state index contributed by atoms with van der Waals surface area (Å²) in [5.74, 6) is 2.23. The fourth-order valence-electron chi connectivity index (χ4n) is 8.06. The smallest absolute Gasteiger partial charge is 0.179 e. The van der Waals surface area contributed by atoms with Gasteiger partial charge < -0.3 is 35.3 Å². The van der Waals surface area contributed by atoms with E-state index in [1.807, 2.05) is 43.3 Å². The van der Waals surface area contributed by atoms with E-state index < -0.39 is 0 Å². The van der Waals surface area contributed by atoms with Gasteiger partial charge >= 0.3 is 0 Å². The van der Waals surface area contributed by atoms with Gasteiger partial charge in [-0.15, -0.1) is 0 Å². The summed E-state index contributed by atoms with van der Waals surface area (Å²) in [7, 11) is 0. The molecule has 4 aromatic rings. The highest BCUT2D eigenvalue weighted by Gasteiger charge is 2.23. The van der Waals surface area contributed by atoms with Crippen LogP contribution < -0.4 is 30.2 Å². The molecule has 0 saturated heterocycles. The van der Waals surface area contributed by atoms with E-state index >= 15 is 0 Å². The molecule has 308 valence electrons. The van der Waals surface area contributed by atoms with Crippen molar-refractivity contribution < 1.29 is 24.1 Å². The Kier molecular flexibility index (Phi) is 13.0. The maximum Gasteiger partial charge on any atom is 0.179 e. The monoisotopic (exact) mass is 857 g/mol. The second kappa shape index (κ2) is 18.8. The molecule has 8 rings (SSSR count). The zero-order valence-electron chi connectivity index (χ0n) is 33.5. The average Bonchev–Trinajstić information content (AvgIpc) is 3.21. The lowest BCUT2D eigenvalue weighted by Gasteiger charge is -2.25. The van der Waals surface area contributed by atoms with Crippen LogP contribution in [0.4, 0.5) is 5.69 Å². The number of para-hydroxylation sites is 3. The molecular weight excluding hydrogens is 811 g/mol. The summed E-state index contributed by atoms with van der Waals surface area (Å²) in [5, 5.41) is 22.5. The molecule has 4 aliphatic rings. The number of nitrogens with one attached hydrogen (secondary N) is 3. The Bertz CT molecular complexity index is 2340. The first-order valence-corrected chi connectivity index (χ1v) is 21.5. The fourth-order valence-corrected chi connectivity index (χ4v) is 8.54. The van der Waals surface area contributed by atoms with Gasteiger partial charge in [0, 0.05) is 76.1 Å². The molecule has 4 N–H and O–H groups in total. The van der Waals surface area contributed by atoms with Crippen molar-refractivity contribution in [2.24, 2.45) is 4.99 Å². The Balaban J connectivity index is 1.35. The molecule has 0 amide bonds. The Hall–Kier alpha value is -5.47. The van der Waals surface area contributed by atoms with Gasteiger partial charge in [-0.05, 0) is 76.2 Å². The highest BCUT2D eigenvalue weighted by atomic mass is 32.1. The SMILES string of the molecule is CC1=CC(=O)C=CC1=Nc1cc2c(O)c(c1)Cc1cccc3c1OCC(=S)NCCN1CCNC(=S)COc4c(cccc4Cc4cccc(c4OCC(=S)NCC1)C3)C2. The number of hydrogen-bond donors (Lipinski definition) is 4. The van der Waals surface area contributed by atoms with Crippen LogP contribution in [0.25, 0.3) is 0 Å². The molecule has 10 nitrogen and oxygen atoms in total. The summed E-state index contributed by atoms with van der Waals surface area (Å²) >= 11 is 17.5. The molecule has 0 unspecified atom stereocenters. The van der Waals surface area contributed by atoms with E-state index in [0.29, 0.717) is 94.3 Å². The molecule has 2 aliphatic heterocycles. The van der Waals surface area contributed by atoms with E-state index in [1.54, 1.807) is 12.2 Å². The van der Waals surface area contributed by atoms with Crippen molar-refractivity contribution in [3.63, 3.8) is 0 Å². The van der Waals surface area contributed by atoms with Gasteiger partial charge in [-0.25, -0.2) is 4.99 Å². The minimum absolute atomic E-state index is 0.0745. The molecular formula is C47H47N5O5S3. The number of allylic oxidation sites excluding steroid dienone is 4. The minimum Gasteiger partial charge on any atom is -0.507 e. The molecule has 4 aromatic carbocycles. The quantitative estimate of drug-likeness (QED) is 0.0845. The van der Waals surface area contributed by atoms with E-state index in [9.17, 15) is 9.90 Å². The van der Waals surface area contributed by atoms with Crippen LogP contribution >= 0.6 is 36.7 Å². The number of benzene rings is 4. The van der Waals surface area contributed by atoms with Crippen LogP contribution in [0.1, 0.15) is 51.4 Å². The van der Waals surface area contributed by atoms with Crippen molar-refractivity contribution in [2.75, 3.05) is 59.1 Å². The first-order valence-electron chi connectivity index (χ1n) is 20.2. The molecule has 13 heteroatoms. The predicted octanol–water partition coefficient (Wildman–Crippen LogP) is 6.44.